The van der Waals surface area contributed by atoms with Gasteiger partial charge in [0.05, 0.1) is 12.0 Å². The zero-order chi connectivity index (χ0) is 12.3. The molecule has 0 amide bonds. The van der Waals surface area contributed by atoms with E-state index in [1.807, 2.05) is 30.3 Å². The third-order valence-corrected chi connectivity index (χ3v) is 3.24. The second-order valence-corrected chi connectivity index (χ2v) is 4.58. The van der Waals surface area contributed by atoms with Gasteiger partial charge in [0, 0.05) is 20.1 Å². The number of likely N-dealkylation sites (N-methyl/N-ethyl adjacent to an activating group) is 1. The molecule has 0 atom stereocenters. The van der Waals surface area contributed by atoms with Crippen molar-refractivity contribution >= 4 is 33.3 Å². The summed E-state index contributed by atoms with van der Waals surface area (Å²) in [5.74, 6) is 1.50. The summed E-state index contributed by atoms with van der Waals surface area (Å²) in [6, 6.07) is 2.01. The van der Waals surface area contributed by atoms with Crippen molar-refractivity contribution in [3.63, 3.8) is 0 Å². The number of rotatable bonds is 5. The van der Waals surface area contributed by atoms with Crippen LogP contribution in [0.5, 0.6) is 0 Å². The minimum Gasteiger partial charge on any atom is -0.395 e. The van der Waals surface area contributed by atoms with E-state index in [4.69, 9.17) is 5.11 Å². The average molecular weight is 252 g/mol. The van der Waals surface area contributed by atoms with E-state index in [1.54, 1.807) is 11.3 Å². The summed E-state index contributed by atoms with van der Waals surface area (Å²) in [6.45, 7) is 3.48. The first-order valence-corrected chi connectivity index (χ1v) is 6.45. The average Bonchev–Trinajstić information content (AvgIpc) is 2.76. The van der Waals surface area contributed by atoms with Gasteiger partial charge >= 0.3 is 0 Å². The van der Waals surface area contributed by atoms with Crippen molar-refractivity contribution in [3.8, 4) is 0 Å². The second kappa shape index (κ2) is 5.29. The Kier molecular flexibility index (Phi) is 3.75. The highest BCUT2D eigenvalue weighted by molar-refractivity contribution is 7.16. The van der Waals surface area contributed by atoms with Crippen LogP contribution in [0.3, 0.4) is 0 Å². The van der Waals surface area contributed by atoms with E-state index in [0.717, 1.165) is 22.6 Å². The van der Waals surface area contributed by atoms with Gasteiger partial charge in [0.2, 0.25) is 5.95 Å². The van der Waals surface area contributed by atoms with Crippen LogP contribution in [0.15, 0.2) is 11.4 Å². The summed E-state index contributed by atoms with van der Waals surface area (Å²) in [5.41, 5.74) is 0. The van der Waals surface area contributed by atoms with Crippen LogP contribution < -0.4 is 10.2 Å². The number of aliphatic hydroxyl groups is 1. The maximum Gasteiger partial charge on any atom is 0.226 e. The lowest BCUT2D eigenvalue weighted by Gasteiger charge is -2.18. The third-order valence-electron chi connectivity index (χ3n) is 2.44. The number of nitrogens with one attached hydrogen (secondary N) is 1. The molecular formula is C11H16N4OS. The van der Waals surface area contributed by atoms with Crippen molar-refractivity contribution in [1.29, 1.82) is 0 Å². The number of hydrogen-bond acceptors (Lipinski definition) is 6. The second-order valence-electron chi connectivity index (χ2n) is 3.69. The molecule has 92 valence electrons. The Balaban J connectivity index is 2.46. The van der Waals surface area contributed by atoms with E-state index in [2.05, 4.69) is 15.3 Å². The van der Waals surface area contributed by atoms with Crippen LogP contribution in [0, 0.1) is 0 Å². The fraction of sp³-hybridized carbons (Fsp3) is 0.455. The monoisotopic (exact) mass is 252 g/mol. The fourth-order valence-corrected chi connectivity index (χ4v) is 2.38. The van der Waals surface area contributed by atoms with Gasteiger partial charge in [-0.05, 0) is 18.4 Å². The predicted octanol–water partition coefficient (Wildman–Crippen LogP) is 1.55. The van der Waals surface area contributed by atoms with Crippen LogP contribution in [0.2, 0.25) is 0 Å². The third kappa shape index (κ3) is 2.48. The summed E-state index contributed by atoms with van der Waals surface area (Å²) in [4.78, 5) is 11.8. The molecule has 2 rings (SSSR count). The highest BCUT2D eigenvalue weighted by Gasteiger charge is 2.11. The number of fused-ring (bicyclic) bond motifs is 1. The highest BCUT2D eigenvalue weighted by Crippen LogP contribution is 2.28. The van der Waals surface area contributed by atoms with Crippen LogP contribution >= 0.6 is 11.3 Å². The van der Waals surface area contributed by atoms with Gasteiger partial charge in [-0.15, -0.1) is 11.3 Å². The molecule has 0 aliphatic carbocycles. The van der Waals surface area contributed by atoms with Crippen LogP contribution in [0.25, 0.3) is 10.2 Å². The van der Waals surface area contributed by atoms with Gasteiger partial charge in [-0.2, -0.15) is 4.98 Å². The molecule has 0 saturated carbocycles. The zero-order valence-corrected chi connectivity index (χ0v) is 10.8. The summed E-state index contributed by atoms with van der Waals surface area (Å²) >= 11 is 1.60. The molecule has 0 saturated heterocycles. The van der Waals surface area contributed by atoms with Crippen molar-refractivity contribution < 1.29 is 5.11 Å². The number of thiophene rings is 1. The Morgan fingerprint density at radius 1 is 1.47 bits per heavy atom. The molecule has 2 heterocycles. The van der Waals surface area contributed by atoms with Crippen LogP contribution in [0.1, 0.15) is 6.92 Å². The standard InChI is InChI=1S/C11H16N4OS/c1-3-12-11-13-9(15(2)5-6-16)8-4-7-17-10(8)14-11/h4,7,16H,3,5-6H2,1-2H3,(H,12,13,14). The first kappa shape index (κ1) is 12.1. The molecule has 0 unspecified atom stereocenters. The van der Waals surface area contributed by atoms with Crippen LogP contribution in [-0.2, 0) is 0 Å². The SMILES string of the molecule is CCNc1nc(N(C)CCO)c2ccsc2n1. The summed E-state index contributed by atoms with van der Waals surface area (Å²) in [7, 11) is 1.92. The molecule has 0 aromatic carbocycles. The largest absolute Gasteiger partial charge is 0.395 e. The molecule has 0 radical (unpaired) electrons. The van der Waals surface area contributed by atoms with Crippen LogP contribution in [0.4, 0.5) is 11.8 Å². The van der Waals surface area contributed by atoms with Crippen molar-refractivity contribution in [2.75, 3.05) is 37.0 Å². The molecule has 2 aromatic heterocycles. The van der Waals surface area contributed by atoms with Crippen molar-refractivity contribution in [2.24, 2.45) is 0 Å². The maximum atomic E-state index is 9.00. The lowest BCUT2D eigenvalue weighted by Crippen LogP contribution is -2.23. The van der Waals surface area contributed by atoms with Gasteiger partial charge < -0.3 is 15.3 Å². The molecule has 0 aliphatic rings. The summed E-state index contributed by atoms with van der Waals surface area (Å²) in [6.07, 6.45) is 0. The molecule has 0 aliphatic heterocycles. The van der Waals surface area contributed by atoms with E-state index >= 15 is 0 Å². The van der Waals surface area contributed by atoms with Gasteiger partial charge in [0.1, 0.15) is 10.6 Å². The molecule has 17 heavy (non-hydrogen) atoms. The predicted molar refractivity (Wildman–Crippen MR) is 71.9 cm³/mol. The van der Waals surface area contributed by atoms with E-state index in [0.29, 0.717) is 12.5 Å². The molecule has 2 N–H and O–H groups in total. The first-order valence-electron chi connectivity index (χ1n) is 5.57. The Hall–Kier alpha value is -1.40. The van der Waals surface area contributed by atoms with E-state index < -0.39 is 0 Å². The molecule has 0 fully saturated rings. The summed E-state index contributed by atoms with van der Waals surface area (Å²) in [5, 5.41) is 15.2. The van der Waals surface area contributed by atoms with Gasteiger partial charge in [-0.3, -0.25) is 0 Å². The van der Waals surface area contributed by atoms with Crippen molar-refractivity contribution in [1.82, 2.24) is 9.97 Å². The van der Waals surface area contributed by atoms with E-state index in [-0.39, 0.29) is 6.61 Å². The molecule has 2 aromatic rings. The normalized spacial score (nSPS) is 10.8. The van der Waals surface area contributed by atoms with E-state index in [9.17, 15) is 0 Å². The molecular weight excluding hydrogens is 236 g/mol. The van der Waals surface area contributed by atoms with E-state index in [1.165, 1.54) is 0 Å². The lowest BCUT2D eigenvalue weighted by molar-refractivity contribution is 0.304. The zero-order valence-electron chi connectivity index (χ0n) is 9.97. The molecule has 0 bridgehead atoms. The number of anilines is 2. The first-order chi connectivity index (χ1) is 8.26. The van der Waals surface area contributed by atoms with Gasteiger partial charge in [-0.1, -0.05) is 0 Å². The number of hydrogen-bond donors (Lipinski definition) is 2. The molecule has 6 heteroatoms. The van der Waals surface area contributed by atoms with Gasteiger partial charge in [0.15, 0.2) is 0 Å². The van der Waals surface area contributed by atoms with Crippen molar-refractivity contribution in [2.45, 2.75) is 6.92 Å². The fourth-order valence-electron chi connectivity index (χ4n) is 1.62. The van der Waals surface area contributed by atoms with Gasteiger partial charge in [0.25, 0.3) is 0 Å². The number of aromatic nitrogens is 2. The van der Waals surface area contributed by atoms with Gasteiger partial charge in [-0.25, -0.2) is 4.98 Å². The summed E-state index contributed by atoms with van der Waals surface area (Å²) < 4.78 is 0. The Morgan fingerprint density at radius 2 is 2.29 bits per heavy atom. The minimum absolute atomic E-state index is 0.114. The number of nitrogens with zero attached hydrogens (tertiary/aromatic N) is 3. The molecule has 5 nitrogen and oxygen atoms in total. The topological polar surface area (TPSA) is 61.3 Å². The lowest BCUT2D eigenvalue weighted by atomic mass is 10.3. The van der Waals surface area contributed by atoms with Crippen molar-refractivity contribution in [3.05, 3.63) is 11.4 Å². The maximum absolute atomic E-state index is 9.00. The molecule has 0 spiro atoms. The Bertz CT molecular complexity index is 499. The Labute approximate surface area is 104 Å². The van der Waals surface area contributed by atoms with Crippen LogP contribution in [-0.4, -0.2) is 41.8 Å². The Morgan fingerprint density at radius 3 is 3.00 bits per heavy atom. The highest BCUT2D eigenvalue weighted by atomic mass is 32.1. The minimum atomic E-state index is 0.114. The smallest absolute Gasteiger partial charge is 0.226 e. The quantitative estimate of drug-likeness (QED) is 0.845. The number of aliphatic hydroxyl groups excluding tert-OH is 1.